The van der Waals surface area contributed by atoms with E-state index in [1.165, 1.54) is 0 Å². The van der Waals surface area contributed by atoms with Gasteiger partial charge in [-0.15, -0.1) is 11.8 Å². The summed E-state index contributed by atoms with van der Waals surface area (Å²) in [5, 5.41) is 2.87. The number of hydrogen-bond acceptors (Lipinski definition) is 3. The van der Waals surface area contributed by atoms with Crippen LogP contribution in [0.3, 0.4) is 0 Å². The average Bonchev–Trinajstić information content (AvgIpc) is 2.48. The first-order valence-corrected chi connectivity index (χ1v) is 8.39. The minimum atomic E-state index is 0.000152. The number of para-hydroxylation sites is 1. The zero-order valence-corrected chi connectivity index (χ0v) is 14.0. The maximum absolute atomic E-state index is 11.9. The monoisotopic (exact) mass is 365 g/mol. The first-order chi connectivity index (χ1) is 10.2. The van der Waals surface area contributed by atoms with Gasteiger partial charge < -0.3 is 10.1 Å². The van der Waals surface area contributed by atoms with Gasteiger partial charge in [-0.25, -0.2) is 0 Å². The van der Waals surface area contributed by atoms with Crippen LogP contribution in [-0.2, 0) is 10.5 Å². The molecular formula is C16H16BrNO2S. The molecule has 0 bridgehead atoms. The molecule has 1 N–H and O–H groups in total. The van der Waals surface area contributed by atoms with E-state index >= 15 is 0 Å². The number of nitrogens with one attached hydrogen (secondary N) is 1. The topological polar surface area (TPSA) is 38.3 Å². The van der Waals surface area contributed by atoms with E-state index in [4.69, 9.17) is 4.74 Å². The first kappa shape index (κ1) is 15.9. The second-order valence-electron chi connectivity index (χ2n) is 4.36. The summed E-state index contributed by atoms with van der Waals surface area (Å²) in [6.07, 6.45) is 0. The van der Waals surface area contributed by atoms with Gasteiger partial charge in [-0.2, -0.15) is 0 Å². The minimum absolute atomic E-state index is 0.000152. The Balaban J connectivity index is 1.84. The van der Waals surface area contributed by atoms with Crippen molar-refractivity contribution in [2.45, 2.75) is 5.75 Å². The van der Waals surface area contributed by atoms with Gasteiger partial charge in [0.1, 0.15) is 5.75 Å². The van der Waals surface area contributed by atoms with Crippen molar-refractivity contribution in [1.29, 1.82) is 0 Å². The summed E-state index contributed by atoms with van der Waals surface area (Å²) < 4.78 is 6.33. The molecule has 21 heavy (non-hydrogen) atoms. The van der Waals surface area contributed by atoms with E-state index in [1.54, 1.807) is 18.9 Å². The number of methoxy groups -OCH3 is 1. The van der Waals surface area contributed by atoms with E-state index in [1.807, 2.05) is 48.5 Å². The summed E-state index contributed by atoms with van der Waals surface area (Å²) in [5.41, 5.74) is 1.90. The molecule has 0 aromatic heterocycles. The average molecular weight is 366 g/mol. The zero-order chi connectivity index (χ0) is 15.1. The van der Waals surface area contributed by atoms with Gasteiger partial charge in [0, 0.05) is 21.5 Å². The van der Waals surface area contributed by atoms with Crippen LogP contribution in [0.2, 0.25) is 0 Å². The molecular weight excluding hydrogens is 350 g/mol. The molecule has 1 amide bonds. The van der Waals surface area contributed by atoms with Crippen LogP contribution in [0.15, 0.2) is 53.0 Å². The lowest BCUT2D eigenvalue weighted by Gasteiger charge is -2.09. The Kier molecular flexibility index (Phi) is 6.14. The van der Waals surface area contributed by atoms with Crippen LogP contribution in [0.4, 0.5) is 5.69 Å². The first-order valence-electron chi connectivity index (χ1n) is 6.44. The molecule has 2 aromatic carbocycles. The molecule has 0 saturated carbocycles. The van der Waals surface area contributed by atoms with Crippen molar-refractivity contribution in [3.63, 3.8) is 0 Å². The van der Waals surface area contributed by atoms with Crippen molar-refractivity contribution in [2.75, 3.05) is 18.2 Å². The lowest BCUT2D eigenvalue weighted by molar-refractivity contribution is -0.113. The molecule has 2 aromatic rings. The summed E-state index contributed by atoms with van der Waals surface area (Å²) in [7, 11) is 1.65. The van der Waals surface area contributed by atoms with Crippen LogP contribution in [0, 0.1) is 0 Å². The minimum Gasteiger partial charge on any atom is -0.496 e. The maximum Gasteiger partial charge on any atom is 0.234 e. The fourth-order valence-electron chi connectivity index (χ4n) is 1.83. The Bertz CT molecular complexity index is 604. The van der Waals surface area contributed by atoms with Gasteiger partial charge in [-0.1, -0.05) is 34.1 Å². The summed E-state index contributed by atoms with van der Waals surface area (Å²) >= 11 is 5.01. The van der Waals surface area contributed by atoms with Crippen molar-refractivity contribution in [1.82, 2.24) is 0 Å². The number of hydrogen-bond donors (Lipinski definition) is 1. The summed E-state index contributed by atoms with van der Waals surface area (Å²) in [5.74, 6) is 1.98. The lowest BCUT2D eigenvalue weighted by atomic mass is 10.2. The normalized spacial score (nSPS) is 10.2. The molecule has 0 aliphatic rings. The van der Waals surface area contributed by atoms with Gasteiger partial charge in [0.05, 0.1) is 12.9 Å². The number of rotatable bonds is 6. The molecule has 0 saturated heterocycles. The summed E-state index contributed by atoms with van der Waals surface area (Å²) in [6, 6.07) is 15.3. The Morgan fingerprint density at radius 3 is 2.71 bits per heavy atom. The quantitative estimate of drug-likeness (QED) is 0.827. The standard InChI is InChI=1S/C16H16BrNO2S/c1-20-15-8-7-13(17)9-12(15)10-21-11-16(19)18-14-5-3-2-4-6-14/h2-9H,10-11H2,1H3,(H,18,19). The SMILES string of the molecule is COc1ccc(Br)cc1CSCC(=O)Nc1ccccc1. The predicted octanol–water partition coefficient (Wildman–Crippen LogP) is 4.33. The van der Waals surface area contributed by atoms with Gasteiger partial charge >= 0.3 is 0 Å². The Morgan fingerprint density at radius 1 is 1.24 bits per heavy atom. The van der Waals surface area contributed by atoms with Crippen molar-refractivity contribution in [3.05, 3.63) is 58.6 Å². The molecule has 0 radical (unpaired) electrons. The van der Waals surface area contributed by atoms with Crippen LogP contribution in [0.5, 0.6) is 5.75 Å². The molecule has 0 aliphatic carbocycles. The van der Waals surface area contributed by atoms with Crippen LogP contribution in [0.25, 0.3) is 0 Å². The molecule has 0 heterocycles. The van der Waals surface area contributed by atoms with E-state index in [9.17, 15) is 4.79 Å². The summed E-state index contributed by atoms with van der Waals surface area (Å²) in [6.45, 7) is 0. The highest BCUT2D eigenvalue weighted by atomic mass is 79.9. The van der Waals surface area contributed by atoms with E-state index in [0.29, 0.717) is 5.75 Å². The highest BCUT2D eigenvalue weighted by molar-refractivity contribution is 9.10. The van der Waals surface area contributed by atoms with Crippen LogP contribution in [-0.4, -0.2) is 18.8 Å². The third-order valence-electron chi connectivity index (χ3n) is 2.79. The molecule has 110 valence electrons. The number of thioether (sulfide) groups is 1. The smallest absolute Gasteiger partial charge is 0.234 e. The van der Waals surface area contributed by atoms with Crippen LogP contribution >= 0.6 is 27.7 Å². The van der Waals surface area contributed by atoms with Gasteiger partial charge in [0.15, 0.2) is 0 Å². The number of ether oxygens (including phenoxy) is 1. The number of benzene rings is 2. The largest absolute Gasteiger partial charge is 0.496 e. The number of amides is 1. The van der Waals surface area contributed by atoms with Gasteiger partial charge in [-0.3, -0.25) is 4.79 Å². The van der Waals surface area contributed by atoms with Crippen molar-refractivity contribution >= 4 is 39.3 Å². The second-order valence-corrected chi connectivity index (χ2v) is 6.26. The highest BCUT2D eigenvalue weighted by Crippen LogP contribution is 2.26. The summed E-state index contributed by atoms with van der Waals surface area (Å²) in [4.78, 5) is 11.9. The van der Waals surface area contributed by atoms with Crippen molar-refractivity contribution < 1.29 is 9.53 Å². The van der Waals surface area contributed by atoms with E-state index in [-0.39, 0.29) is 5.91 Å². The van der Waals surface area contributed by atoms with Gasteiger partial charge in [-0.05, 0) is 30.3 Å². The van der Waals surface area contributed by atoms with E-state index in [0.717, 1.165) is 27.2 Å². The third kappa shape index (κ3) is 5.10. The highest BCUT2D eigenvalue weighted by Gasteiger charge is 2.06. The molecule has 0 fully saturated rings. The molecule has 0 unspecified atom stereocenters. The Hall–Kier alpha value is -1.46. The third-order valence-corrected chi connectivity index (χ3v) is 4.27. The Morgan fingerprint density at radius 2 is 2.00 bits per heavy atom. The second kappa shape index (κ2) is 8.10. The molecule has 5 heteroatoms. The molecule has 2 rings (SSSR count). The number of carbonyl (C=O) groups excluding carboxylic acids is 1. The lowest BCUT2D eigenvalue weighted by Crippen LogP contribution is -2.14. The number of anilines is 1. The Labute approximate surface area is 137 Å². The van der Waals surface area contributed by atoms with Crippen LogP contribution in [0.1, 0.15) is 5.56 Å². The van der Waals surface area contributed by atoms with Gasteiger partial charge in [0.2, 0.25) is 5.91 Å². The van der Waals surface area contributed by atoms with Crippen LogP contribution < -0.4 is 10.1 Å². The number of carbonyl (C=O) groups is 1. The fourth-order valence-corrected chi connectivity index (χ4v) is 3.05. The van der Waals surface area contributed by atoms with E-state index < -0.39 is 0 Å². The van der Waals surface area contributed by atoms with Crippen molar-refractivity contribution in [3.8, 4) is 5.75 Å². The van der Waals surface area contributed by atoms with Gasteiger partial charge in [0.25, 0.3) is 0 Å². The molecule has 0 spiro atoms. The van der Waals surface area contributed by atoms with E-state index in [2.05, 4.69) is 21.2 Å². The maximum atomic E-state index is 11.9. The van der Waals surface area contributed by atoms with Crippen molar-refractivity contribution in [2.24, 2.45) is 0 Å². The molecule has 0 aliphatic heterocycles. The fraction of sp³-hybridized carbons (Fsp3) is 0.188. The number of halogens is 1. The zero-order valence-electron chi connectivity index (χ0n) is 11.6. The molecule has 0 atom stereocenters. The molecule has 3 nitrogen and oxygen atoms in total. The predicted molar refractivity (Wildman–Crippen MR) is 91.9 cm³/mol.